The van der Waals surface area contributed by atoms with Crippen molar-refractivity contribution < 1.29 is 13.3 Å². The number of hydrogen-bond acceptors (Lipinski definition) is 5. The molecule has 1 saturated heterocycles. The van der Waals surface area contributed by atoms with Gasteiger partial charge in [0.1, 0.15) is 0 Å². The zero-order chi connectivity index (χ0) is 14.0. The second-order valence-electron chi connectivity index (χ2n) is 4.49. The van der Waals surface area contributed by atoms with Crippen LogP contribution >= 0.6 is 0 Å². The van der Waals surface area contributed by atoms with E-state index < -0.39 is 14.9 Å². The molecule has 1 aliphatic heterocycles. The first-order valence-electron chi connectivity index (χ1n) is 5.89. The van der Waals surface area contributed by atoms with E-state index in [1.807, 2.05) is 0 Å². The molecular weight excluding hydrogens is 270 g/mol. The van der Waals surface area contributed by atoms with Crippen molar-refractivity contribution >= 4 is 15.7 Å². The molecule has 0 bridgehead atoms. The monoisotopic (exact) mass is 285 g/mol. The molecule has 1 aromatic carbocycles. The van der Waals surface area contributed by atoms with Crippen LogP contribution in [0, 0.1) is 17.0 Å². The van der Waals surface area contributed by atoms with E-state index in [-0.39, 0.29) is 16.6 Å². The summed E-state index contributed by atoms with van der Waals surface area (Å²) in [6.07, 6.45) is 0.679. The SMILES string of the molecule is Cc1cccc(S(=O)(=O)N[C@@H]2CCNC2)c1[N+](=O)[O-]. The van der Waals surface area contributed by atoms with E-state index in [0.29, 0.717) is 18.5 Å². The summed E-state index contributed by atoms with van der Waals surface area (Å²) in [6, 6.07) is 4.07. The van der Waals surface area contributed by atoms with E-state index >= 15 is 0 Å². The van der Waals surface area contributed by atoms with E-state index in [9.17, 15) is 18.5 Å². The van der Waals surface area contributed by atoms with Crippen molar-refractivity contribution in [2.45, 2.75) is 24.3 Å². The average molecular weight is 285 g/mol. The lowest BCUT2D eigenvalue weighted by Crippen LogP contribution is -2.36. The predicted octanol–water partition coefficient (Wildman–Crippen LogP) is 0.543. The summed E-state index contributed by atoms with van der Waals surface area (Å²) < 4.78 is 26.9. The molecule has 0 radical (unpaired) electrons. The highest BCUT2D eigenvalue weighted by atomic mass is 32.2. The summed E-state index contributed by atoms with van der Waals surface area (Å²) in [4.78, 5) is 10.1. The molecule has 1 heterocycles. The van der Waals surface area contributed by atoms with Gasteiger partial charge in [-0.15, -0.1) is 0 Å². The quantitative estimate of drug-likeness (QED) is 0.621. The molecule has 2 rings (SSSR count). The van der Waals surface area contributed by atoms with Crippen molar-refractivity contribution in [2.24, 2.45) is 0 Å². The van der Waals surface area contributed by atoms with Crippen molar-refractivity contribution in [1.29, 1.82) is 0 Å². The molecule has 1 atom stereocenters. The molecule has 1 aromatic rings. The zero-order valence-electron chi connectivity index (χ0n) is 10.4. The van der Waals surface area contributed by atoms with Gasteiger partial charge in [0.15, 0.2) is 4.90 Å². The number of nitrogens with one attached hydrogen (secondary N) is 2. The third kappa shape index (κ3) is 2.91. The summed E-state index contributed by atoms with van der Waals surface area (Å²) in [5.74, 6) is 0. The van der Waals surface area contributed by atoms with E-state index in [4.69, 9.17) is 0 Å². The molecule has 0 unspecified atom stereocenters. The van der Waals surface area contributed by atoms with Gasteiger partial charge in [-0.3, -0.25) is 10.1 Å². The predicted molar refractivity (Wildman–Crippen MR) is 69.4 cm³/mol. The van der Waals surface area contributed by atoms with Crippen LogP contribution in [-0.2, 0) is 10.0 Å². The number of rotatable bonds is 4. The van der Waals surface area contributed by atoms with Crippen LogP contribution in [0.5, 0.6) is 0 Å². The normalized spacial score (nSPS) is 19.5. The van der Waals surface area contributed by atoms with Crippen LogP contribution < -0.4 is 10.0 Å². The highest BCUT2D eigenvalue weighted by Crippen LogP contribution is 2.27. The van der Waals surface area contributed by atoms with Crippen molar-refractivity contribution in [3.8, 4) is 0 Å². The lowest BCUT2D eigenvalue weighted by Gasteiger charge is -2.12. The maximum absolute atomic E-state index is 12.2. The van der Waals surface area contributed by atoms with Gasteiger partial charge in [-0.25, -0.2) is 13.1 Å². The first kappa shape index (κ1) is 13.9. The fourth-order valence-electron chi connectivity index (χ4n) is 2.12. The van der Waals surface area contributed by atoms with Crippen LogP contribution in [0.3, 0.4) is 0 Å². The number of nitro groups is 1. The van der Waals surface area contributed by atoms with E-state index in [1.165, 1.54) is 25.1 Å². The Morgan fingerprint density at radius 2 is 2.21 bits per heavy atom. The van der Waals surface area contributed by atoms with Crippen LogP contribution in [0.4, 0.5) is 5.69 Å². The van der Waals surface area contributed by atoms with Crippen LogP contribution in [-0.4, -0.2) is 32.5 Å². The summed E-state index contributed by atoms with van der Waals surface area (Å²) in [5.41, 5.74) is -0.0293. The van der Waals surface area contributed by atoms with Gasteiger partial charge in [0.05, 0.1) is 4.92 Å². The second-order valence-corrected chi connectivity index (χ2v) is 6.17. The third-order valence-corrected chi connectivity index (χ3v) is 4.61. The van der Waals surface area contributed by atoms with E-state index in [0.717, 1.165) is 6.54 Å². The highest BCUT2D eigenvalue weighted by Gasteiger charge is 2.30. The molecule has 1 aliphatic rings. The molecular formula is C11H15N3O4S. The molecule has 2 N–H and O–H groups in total. The number of nitrogens with zero attached hydrogens (tertiary/aromatic N) is 1. The second kappa shape index (κ2) is 5.24. The van der Waals surface area contributed by atoms with Crippen LogP contribution in [0.25, 0.3) is 0 Å². The Morgan fingerprint density at radius 3 is 2.79 bits per heavy atom. The van der Waals surface area contributed by atoms with Crippen LogP contribution in [0.2, 0.25) is 0 Å². The Kier molecular flexibility index (Phi) is 3.83. The van der Waals surface area contributed by atoms with E-state index in [1.54, 1.807) is 0 Å². The standard InChI is InChI=1S/C11H15N3O4S/c1-8-3-2-4-10(11(8)14(15)16)19(17,18)13-9-5-6-12-7-9/h2-4,9,12-13H,5-7H2,1H3/t9-/m1/s1. The number of aryl methyl sites for hydroxylation is 1. The molecule has 104 valence electrons. The number of para-hydroxylation sites is 1. The van der Waals surface area contributed by atoms with Gasteiger partial charge >= 0.3 is 0 Å². The van der Waals surface area contributed by atoms with Gasteiger partial charge in [0.2, 0.25) is 10.0 Å². The molecule has 1 fully saturated rings. The van der Waals surface area contributed by atoms with Crippen molar-refractivity contribution in [3.63, 3.8) is 0 Å². The van der Waals surface area contributed by atoms with Gasteiger partial charge < -0.3 is 5.32 Å². The summed E-state index contributed by atoms with van der Waals surface area (Å²) in [5, 5.41) is 14.1. The van der Waals surface area contributed by atoms with Crippen molar-refractivity contribution in [1.82, 2.24) is 10.0 Å². The lowest BCUT2D eigenvalue weighted by molar-refractivity contribution is -0.388. The molecule has 0 saturated carbocycles. The fraction of sp³-hybridized carbons (Fsp3) is 0.455. The van der Waals surface area contributed by atoms with Crippen molar-refractivity contribution in [2.75, 3.05) is 13.1 Å². The van der Waals surface area contributed by atoms with Gasteiger partial charge in [-0.1, -0.05) is 12.1 Å². The summed E-state index contributed by atoms with van der Waals surface area (Å²) >= 11 is 0. The summed E-state index contributed by atoms with van der Waals surface area (Å²) in [6.45, 7) is 2.80. The average Bonchev–Trinajstić information content (AvgIpc) is 2.80. The molecule has 19 heavy (non-hydrogen) atoms. The van der Waals surface area contributed by atoms with Gasteiger partial charge in [-0.2, -0.15) is 0 Å². The fourth-order valence-corrected chi connectivity index (χ4v) is 3.64. The molecule has 0 spiro atoms. The van der Waals surface area contributed by atoms with Crippen LogP contribution in [0.15, 0.2) is 23.1 Å². The number of sulfonamides is 1. The Balaban J connectivity index is 2.39. The largest absolute Gasteiger partial charge is 0.315 e. The van der Waals surface area contributed by atoms with Gasteiger partial charge in [-0.05, 0) is 26.0 Å². The molecule has 0 amide bonds. The Morgan fingerprint density at radius 1 is 1.47 bits per heavy atom. The molecule has 7 nitrogen and oxygen atoms in total. The molecule has 8 heteroatoms. The number of benzene rings is 1. The Labute approximate surface area is 111 Å². The minimum atomic E-state index is -3.87. The van der Waals surface area contributed by atoms with Crippen molar-refractivity contribution in [3.05, 3.63) is 33.9 Å². The topological polar surface area (TPSA) is 101 Å². The summed E-state index contributed by atoms with van der Waals surface area (Å²) in [7, 11) is -3.87. The first-order chi connectivity index (χ1) is 8.92. The van der Waals surface area contributed by atoms with Gasteiger partial charge in [0, 0.05) is 18.2 Å². The molecule has 0 aliphatic carbocycles. The third-order valence-electron chi connectivity index (χ3n) is 3.05. The van der Waals surface area contributed by atoms with Crippen LogP contribution in [0.1, 0.15) is 12.0 Å². The Bertz CT molecular complexity index is 594. The maximum atomic E-state index is 12.2. The smallest absolute Gasteiger partial charge is 0.292 e. The lowest BCUT2D eigenvalue weighted by atomic mass is 10.2. The van der Waals surface area contributed by atoms with Gasteiger partial charge in [0.25, 0.3) is 5.69 Å². The molecule has 0 aromatic heterocycles. The number of hydrogen-bond donors (Lipinski definition) is 2. The van der Waals surface area contributed by atoms with E-state index in [2.05, 4.69) is 10.0 Å². The maximum Gasteiger partial charge on any atom is 0.292 e. The minimum Gasteiger partial charge on any atom is -0.315 e. The minimum absolute atomic E-state index is 0.217. The first-order valence-corrected chi connectivity index (χ1v) is 7.37. The number of nitro benzene ring substituents is 1. The highest BCUT2D eigenvalue weighted by molar-refractivity contribution is 7.89. The zero-order valence-corrected chi connectivity index (χ0v) is 11.2. The Hall–Kier alpha value is -1.51.